The van der Waals surface area contributed by atoms with Crippen molar-refractivity contribution in [3.05, 3.63) is 30.1 Å². The minimum Gasteiger partial charge on any atom is -0.382 e. The topological polar surface area (TPSA) is 72.5 Å². The van der Waals surface area contributed by atoms with Crippen molar-refractivity contribution in [3.8, 4) is 0 Å². The van der Waals surface area contributed by atoms with Gasteiger partial charge in [-0.15, -0.1) is 0 Å². The number of carbonyl (C=O) groups is 1. The highest BCUT2D eigenvalue weighted by atomic mass is 16.5. The zero-order valence-corrected chi connectivity index (χ0v) is 9.81. The van der Waals surface area contributed by atoms with Gasteiger partial charge in [0.05, 0.1) is 13.2 Å². The summed E-state index contributed by atoms with van der Waals surface area (Å²) in [6.45, 7) is 1.58. The van der Waals surface area contributed by atoms with Gasteiger partial charge in [0.15, 0.2) is 0 Å². The van der Waals surface area contributed by atoms with Gasteiger partial charge in [-0.2, -0.15) is 0 Å². The second kappa shape index (κ2) is 8.49. The van der Waals surface area contributed by atoms with Gasteiger partial charge in [-0.05, 0) is 11.6 Å². The Kier molecular flexibility index (Phi) is 6.69. The zero-order chi connectivity index (χ0) is 12.3. The Morgan fingerprint density at radius 3 is 3.00 bits per heavy atom. The van der Waals surface area contributed by atoms with Crippen LogP contribution < -0.4 is 10.6 Å². The van der Waals surface area contributed by atoms with E-state index in [1.165, 1.54) is 0 Å². The van der Waals surface area contributed by atoms with Crippen LogP contribution in [0.3, 0.4) is 0 Å². The Labute approximate surface area is 100 Å². The van der Waals surface area contributed by atoms with Crippen LogP contribution in [-0.2, 0) is 16.0 Å². The summed E-state index contributed by atoms with van der Waals surface area (Å²) in [4.78, 5) is 15.2. The molecule has 0 radical (unpaired) electrons. The van der Waals surface area contributed by atoms with E-state index in [1.807, 2.05) is 12.1 Å². The molecule has 0 bridgehead atoms. The number of carbonyl (C=O) groups excluding carboxylic acids is 1. The van der Waals surface area contributed by atoms with Gasteiger partial charge >= 0.3 is 6.03 Å². The molecule has 0 saturated carbocycles. The fraction of sp³-hybridized carbons (Fsp3) is 0.455. The number of methoxy groups -OCH3 is 1. The molecule has 2 N–H and O–H groups in total. The summed E-state index contributed by atoms with van der Waals surface area (Å²) in [7, 11) is 1.59. The van der Waals surface area contributed by atoms with E-state index >= 15 is 0 Å². The lowest BCUT2D eigenvalue weighted by Crippen LogP contribution is -2.36. The first-order chi connectivity index (χ1) is 8.33. The van der Waals surface area contributed by atoms with Crippen molar-refractivity contribution in [1.29, 1.82) is 0 Å². The Morgan fingerprint density at radius 2 is 2.29 bits per heavy atom. The lowest BCUT2D eigenvalue weighted by molar-refractivity contribution is 0.0642. The molecule has 2 amide bonds. The van der Waals surface area contributed by atoms with Crippen LogP contribution in [0.1, 0.15) is 5.56 Å². The van der Waals surface area contributed by atoms with Gasteiger partial charge in [-0.1, -0.05) is 6.07 Å². The van der Waals surface area contributed by atoms with Crippen LogP contribution in [0, 0.1) is 0 Å². The lowest BCUT2D eigenvalue weighted by atomic mass is 10.3. The van der Waals surface area contributed by atoms with Crippen molar-refractivity contribution >= 4 is 6.03 Å². The molecule has 1 heterocycles. The van der Waals surface area contributed by atoms with Crippen molar-refractivity contribution in [2.75, 3.05) is 27.1 Å². The van der Waals surface area contributed by atoms with E-state index in [4.69, 9.17) is 9.47 Å². The molecule has 6 nitrogen and oxygen atoms in total. The number of hydrogen-bond donors (Lipinski definition) is 2. The second-order valence-corrected chi connectivity index (χ2v) is 3.27. The maximum absolute atomic E-state index is 11.3. The third-order valence-electron chi connectivity index (χ3n) is 1.94. The third-order valence-corrected chi connectivity index (χ3v) is 1.94. The van der Waals surface area contributed by atoms with Gasteiger partial charge in [-0.3, -0.25) is 4.98 Å². The number of urea groups is 1. The summed E-state index contributed by atoms with van der Waals surface area (Å²) in [6, 6.07) is 3.44. The number of ether oxygens (including phenoxy) is 2. The molecule has 0 spiro atoms. The summed E-state index contributed by atoms with van der Waals surface area (Å²) in [5.41, 5.74) is 0.947. The van der Waals surface area contributed by atoms with Crippen LogP contribution in [0.2, 0.25) is 0 Å². The molecule has 17 heavy (non-hydrogen) atoms. The van der Waals surface area contributed by atoms with Crippen molar-refractivity contribution in [2.45, 2.75) is 6.54 Å². The molecule has 0 aromatic carbocycles. The summed E-state index contributed by atoms with van der Waals surface area (Å²) in [5, 5.41) is 5.25. The minimum atomic E-state index is -0.272. The van der Waals surface area contributed by atoms with E-state index in [1.54, 1.807) is 19.5 Å². The molecule has 0 aliphatic carbocycles. The Morgan fingerprint density at radius 1 is 1.41 bits per heavy atom. The van der Waals surface area contributed by atoms with Crippen molar-refractivity contribution in [2.24, 2.45) is 0 Å². The Balaban J connectivity index is 2.05. The first-order valence-electron chi connectivity index (χ1n) is 5.30. The number of aromatic nitrogens is 1. The van der Waals surface area contributed by atoms with Crippen LogP contribution in [0.5, 0.6) is 0 Å². The Bertz CT molecular complexity index is 319. The monoisotopic (exact) mass is 239 g/mol. The predicted molar refractivity (Wildman–Crippen MR) is 62.3 cm³/mol. The number of nitrogens with zero attached hydrogens (tertiary/aromatic N) is 1. The zero-order valence-electron chi connectivity index (χ0n) is 9.81. The quantitative estimate of drug-likeness (QED) is 0.537. The highest BCUT2D eigenvalue weighted by Crippen LogP contribution is 1.93. The van der Waals surface area contributed by atoms with Crippen LogP contribution in [0.4, 0.5) is 4.79 Å². The molecular weight excluding hydrogens is 222 g/mol. The normalized spacial score (nSPS) is 9.94. The fourth-order valence-corrected chi connectivity index (χ4v) is 1.08. The van der Waals surface area contributed by atoms with E-state index < -0.39 is 0 Å². The van der Waals surface area contributed by atoms with Crippen LogP contribution in [0.25, 0.3) is 0 Å². The maximum Gasteiger partial charge on any atom is 0.316 e. The van der Waals surface area contributed by atoms with E-state index in [9.17, 15) is 4.79 Å². The molecule has 0 unspecified atom stereocenters. The lowest BCUT2D eigenvalue weighted by Gasteiger charge is -2.07. The van der Waals surface area contributed by atoms with E-state index in [0.717, 1.165) is 5.56 Å². The molecular formula is C11H17N3O3. The summed E-state index contributed by atoms with van der Waals surface area (Å²) in [5.74, 6) is 0. The largest absolute Gasteiger partial charge is 0.382 e. The molecule has 94 valence electrons. The van der Waals surface area contributed by atoms with Gasteiger partial charge in [-0.25, -0.2) is 4.79 Å². The van der Waals surface area contributed by atoms with E-state index in [0.29, 0.717) is 19.8 Å². The minimum absolute atomic E-state index is 0.169. The summed E-state index contributed by atoms with van der Waals surface area (Å²) < 4.78 is 9.88. The highest BCUT2D eigenvalue weighted by Gasteiger charge is 1.99. The standard InChI is InChI=1S/C11H17N3O3/c1-16-5-6-17-9-14-11(15)13-8-10-3-2-4-12-7-10/h2-4,7H,5-6,8-9H2,1H3,(H2,13,14,15). The van der Waals surface area contributed by atoms with Crippen molar-refractivity contribution in [1.82, 2.24) is 15.6 Å². The van der Waals surface area contributed by atoms with Gasteiger partial charge in [0, 0.05) is 26.0 Å². The van der Waals surface area contributed by atoms with Gasteiger partial charge in [0.25, 0.3) is 0 Å². The average molecular weight is 239 g/mol. The number of pyridine rings is 1. The van der Waals surface area contributed by atoms with Gasteiger partial charge < -0.3 is 20.1 Å². The summed E-state index contributed by atoms with van der Waals surface area (Å²) in [6.07, 6.45) is 3.39. The van der Waals surface area contributed by atoms with Crippen LogP contribution in [-0.4, -0.2) is 38.1 Å². The van der Waals surface area contributed by atoms with E-state index in [2.05, 4.69) is 15.6 Å². The third kappa shape index (κ3) is 6.49. The SMILES string of the molecule is COCCOCNC(=O)NCc1cccnc1. The van der Waals surface area contributed by atoms with Gasteiger partial charge in [0.1, 0.15) is 6.73 Å². The second-order valence-electron chi connectivity index (χ2n) is 3.27. The number of amides is 2. The van der Waals surface area contributed by atoms with Crippen molar-refractivity contribution < 1.29 is 14.3 Å². The molecule has 1 rings (SSSR count). The number of rotatable bonds is 7. The molecule has 6 heteroatoms. The molecule has 0 aliphatic heterocycles. The predicted octanol–water partition coefficient (Wildman–Crippen LogP) is 0.501. The maximum atomic E-state index is 11.3. The first kappa shape index (κ1) is 13.4. The first-order valence-corrected chi connectivity index (χ1v) is 5.30. The molecule has 0 fully saturated rings. The number of hydrogen-bond acceptors (Lipinski definition) is 4. The van der Waals surface area contributed by atoms with E-state index in [-0.39, 0.29) is 12.8 Å². The number of nitrogens with one attached hydrogen (secondary N) is 2. The highest BCUT2D eigenvalue weighted by molar-refractivity contribution is 5.73. The molecule has 1 aromatic rings. The smallest absolute Gasteiger partial charge is 0.316 e. The fourth-order valence-electron chi connectivity index (χ4n) is 1.08. The summed E-state index contributed by atoms with van der Waals surface area (Å²) >= 11 is 0. The van der Waals surface area contributed by atoms with Crippen LogP contribution in [0.15, 0.2) is 24.5 Å². The van der Waals surface area contributed by atoms with Crippen LogP contribution >= 0.6 is 0 Å². The molecule has 0 saturated heterocycles. The molecule has 1 aromatic heterocycles. The average Bonchev–Trinajstić information content (AvgIpc) is 2.37. The molecule has 0 atom stereocenters. The molecule has 0 aliphatic rings. The van der Waals surface area contributed by atoms with Gasteiger partial charge in [0.2, 0.25) is 0 Å². The van der Waals surface area contributed by atoms with Crippen molar-refractivity contribution in [3.63, 3.8) is 0 Å². The Hall–Kier alpha value is -1.66.